The molecule has 78 valence electrons. The first-order chi connectivity index (χ1) is 6.02. The van der Waals surface area contributed by atoms with Gasteiger partial charge in [-0.1, -0.05) is 27.7 Å². The highest BCUT2D eigenvalue weighted by atomic mass is 16.7. The van der Waals surface area contributed by atoms with Crippen LogP contribution in [0.15, 0.2) is 0 Å². The van der Waals surface area contributed by atoms with Crippen LogP contribution < -0.4 is 0 Å². The Morgan fingerprint density at radius 3 is 2.31 bits per heavy atom. The molecule has 0 rings (SSSR count). The van der Waals surface area contributed by atoms with Crippen LogP contribution >= 0.6 is 0 Å². The second kappa shape index (κ2) is 5.84. The van der Waals surface area contributed by atoms with E-state index in [1.807, 2.05) is 6.92 Å². The normalized spacial score (nSPS) is 11.1. The maximum Gasteiger partial charge on any atom is 0.508 e. The van der Waals surface area contributed by atoms with E-state index >= 15 is 0 Å². The quantitative estimate of drug-likeness (QED) is 0.622. The van der Waals surface area contributed by atoms with Crippen LogP contribution in [0.4, 0.5) is 4.79 Å². The van der Waals surface area contributed by atoms with Crippen molar-refractivity contribution in [3.05, 3.63) is 0 Å². The van der Waals surface area contributed by atoms with Gasteiger partial charge in [0.2, 0.25) is 0 Å². The molecule has 3 heteroatoms. The van der Waals surface area contributed by atoms with Gasteiger partial charge in [-0.05, 0) is 18.3 Å². The minimum atomic E-state index is -0.552. The molecule has 0 aromatic rings. The Balaban J connectivity index is 3.57. The first kappa shape index (κ1) is 12.3. The fourth-order valence-electron chi connectivity index (χ4n) is 0.583. The third-order valence-corrected chi connectivity index (χ3v) is 1.96. The topological polar surface area (TPSA) is 35.5 Å². The summed E-state index contributed by atoms with van der Waals surface area (Å²) in [6.45, 7) is 8.99. The molecule has 0 N–H and O–H groups in total. The van der Waals surface area contributed by atoms with Gasteiger partial charge < -0.3 is 9.47 Å². The average Bonchev–Trinajstić information content (AvgIpc) is 2.11. The van der Waals surface area contributed by atoms with Crippen molar-refractivity contribution in [1.29, 1.82) is 0 Å². The Labute approximate surface area is 80.4 Å². The molecule has 0 bridgehead atoms. The Morgan fingerprint density at radius 1 is 1.23 bits per heavy atom. The molecule has 13 heavy (non-hydrogen) atoms. The molecule has 0 saturated heterocycles. The van der Waals surface area contributed by atoms with Gasteiger partial charge in [0, 0.05) is 0 Å². The molecule has 0 fully saturated rings. The minimum absolute atomic E-state index is 0.0469. The lowest BCUT2D eigenvalue weighted by molar-refractivity contribution is 0.0288. The van der Waals surface area contributed by atoms with Gasteiger partial charge in [0.05, 0.1) is 13.2 Å². The molecule has 0 spiro atoms. The lowest BCUT2D eigenvalue weighted by Crippen LogP contribution is -2.21. The zero-order chi connectivity index (χ0) is 10.3. The van der Waals surface area contributed by atoms with E-state index in [-0.39, 0.29) is 5.41 Å². The zero-order valence-corrected chi connectivity index (χ0v) is 9.05. The van der Waals surface area contributed by atoms with E-state index in [0.29, 0.717) is 13.2 Å². The lowest BCUT2D eigenvalue weighted by Gasteiger charge is -2.21. The summed E-state index contributed by atoms with van der Waals surface area (Å²) in [6, 6.07) is 0. The third kappa shape index (κ3) is 6.43. The predicted octanol–water partition coefficient (Wildman–Crippen LogP) is 2.99. The molecule has 0 aliphatic carbocycles. The molecule has 0 heterocycles. The molecule has 0 radical (unpaired) electrons. The smallest absolute Gasteiger partial charge is 0.434 e. The van der Waals surface area contributed by atoms with Gasteiger partial charge in [0.1, 0.15) is 0 Å². The summed E-state index contributed by atoms with van der Waals surface area (Å²) in [5, 5.41) is 0. The third-order valence-electron chi connectivity index (χ3n) is 1.96. The molecule has 0 aromatic carbocycles. The van der Waals surface area contributed by atoms with Crippen LogP contribution in [-0.4, -0.2) is 19.4 Å². The number of hydrogen-bond donors (Lipinski definition) is 0. The van der Waals surface area contributed by atoms with Crippen LogP contribution in [-0.2, 0) is 9.47 Å². The van der Waals surface area contributed by atoms with Gasteiger partial charge in [0.25, 0.3) is 0 Å². The maximum atomic E-state index is 10.9. The van der Waals surface area contributed by atoms with Crippen molar-refractivity contribution >= 4 is 6.16 Å². The fraction of sp³-hybridized carbons (Fsp3) is 0.900. The van der Waals surface area contributed by atoms with E-state index in [2.05, 4.69) is 20.8 Å². The number of carbonyl (C=O) groups is 1. The van der Waals surface area contributed by atoms with E-state index < -0.39 is 6.16 Å². The molecule has 0 aromatic heterocycles. The van der Waals surface area contributed by atoms with Crippen molar-refractivity contribution in [1.82, 2.24) is 0 Å². The Bertz CT molecular complexity index is 152. The molecule has 0 aliphatic heterocycles. The van der Waals surface area contributed by atoms with Crippen LogP contribution in [0.2, 0.25) is 0 Å². The van der Waals surface area contributed by atoms with E-state index in [1.165, 1.54) is 0 Å². The molecular formula is C10H20O3. The molecule has 0 saturated carbocycles. The maximum absolute atomic E-state index is 10.9. The average molecular weight is 188 g/mol. The van der Waals surface area contributed by atoms with Gasteiger partial charge in [-0.15, -0.1) is 0 Å². The van der Waals surface area contributed by atoms with Crippen LogP contribution in [0, 0.1) is 5.41 Å². The Hall–Kier alpha value is -0.730. The van der Waals surface area contributed by atoms with E-state index in [4.69, 9.17) is 9.47 Å². The first-order valence-electron chi connectivity index (χ1n) is 4.81. The zero-order valence-electron chi connectivity index (χ0n) is 9.05. The lowest BCUT2D eigenvalue weighted by atomic mass is 9.92. The van der Waals surface area contributed by atoms with Crippen molar-refractivity contribution in [2.75, 3.05) is 13.2 Å². The largest absolute Gasteiger partial charge is 0.508 e. The standard InChI is InChI=1S/C10H20O3/c1-5-7-12-9(11)13-8-10(3,4)6-2/h5-8H2,1-4H3. The summed E-state index contributed by atoms with van der Waals surface area (Å²) < 4.78 is 9.71. The van der Waals surface area contributed by atoms with Gasteiger partial charge in [0.15, 0.2) is 0 Å². The number of carbonyl (C=O) groups excluding carboxylic acids is 1. The number of hydrogen-bond acceptors (Lipinski definition) is 3. The summed E-state index contributed by atoms with van der Waals surface area (Å²) >= 11 is 0. The van der Waals surface area contributed by atoms with Gasteiger partial charge >= 0.3 is 6.16 Å². The van der Waals surface area contributed by atoms with Crippen LogP contribution in [0.25, 0.3) is 0 Å². The van der Waals surface area contributed by atoms with E-state index in [9.17, 15) is 4.79 Å². The van der Waals surface area contributed by atoms with Gasteiger partial charge in [-0.2, -0.15) is 0 Å². The molecule has 0 atom stereocenters. The van der Waals surface area contributed by atoms with Crippen molar-refractivity contribution in [2.45, 2.75) is 40.5 Å². The summed E-state index contributed by atoms with van der Waals surface area (Å²) in [6.07, 6.45) is 1.25. The van der Waals surface area contributed by atoms with Crippen molar-refractivity contribution < 1.29 is 14.3 Å². The molecule has 0 aliphatic rings. The monoisotopic (exact) mass is 188 g/mol. The molecule has 3 nitrogen and oxygen atoms in total. The van der Waals surface area contributed by atoms with Crippen LogP contribution in [0.1, 0.15) is 40.5 Å². The number of ether oxygens (including phenoxy) is 2. The molecule has 0 unspecified atom stereocenters. The van der Waals surface area contributed by atoms with Crippen LogP contribution in [0.5, 0.6) is 0 Å². The predicted molar refractivity (Wildman–Crippen MR) is 51.7 cm³/mol. The highest BCUT2D eigenvalue weighted by Crippen LogP contribution is 2.19. The van der Waals surface area contributed by atoms with Gasteiger partial charge in [-0.3, -0.25) is 0 Å². The summed E-state index contributed by atoms with van der Waals surface area (Å²) in [4.78, 5) is 10.9. The summed E-state index contributed by atoms with van der Waals surface area (Å²) in [5.41, 5.74) is 0.0469. The van der Waals surface area contributed by atoms with Gasteiger partial charge in [-0.25, -0.2) is 4.79 Å². The van der Waals surface area contributed by atoms with E-state index in [1.54, 1.807) is 0 Å². The fourth-order valence-corrected chi connectivity index (χ4v) is 0.583. The summed E-state index contributed by atoms with van der Waals surface area (Å²) in [7, 11) is 0. The highest BCUT2D eigenvalue weighted by Gasteiger charge is 2.17. The Kier molecular flexibility index (Phi) is 5.51. The van der Waals surface area contributed by atoms with E-state index in [0.717, 1.165) is 12.8 Å². The highest BCUT2D eigenvalue weighted by molar-refractivity contribution is 5.59. The Morgan fingerprint density at radius 2 is 1.85 bits per heavy atom. The molecular weight excluding hydrogens is 168 g/mol. The first-order valence-corrected chi connectivity index (χ1v) is 4.81. The second-order valence-electron chi connectivity index (χ2n) is 3.90. The number of rotatable bonds is 5. The molecule has 0 amide bonds. The van der Waals surface area contributed by atoms with Crippen LogP contribution in [0.3, 0.4) is 0 Å². The minimum Gasteiger partial charge on any atom is -0.434 e. The summed E-state index contributed by atoms with van der Waals surface area (Å²) in [5.74, 6) is 0. The second-order valence-corrected chi connectivity index (χ2v) is 3.90. The van der Waals surface area contributed by atoms with Crippen molar-refractivity contribution in [3.63, 3.8) is 0 Å². The van der Waals surface area contributed by atoms with Crippen molar-refractivity contribution in [2.24, 2.45) is 5.41 Å². The van der Waals surface area contributed by atoms with Crippen molar-refractivity contribution in [3.8, 4) is 0 Å². The SMILES string of the molecule is CCCOC(=O)OCC(C)(C)CC.